The summed E-state index contributed by atoms with van der Waals surface area (Å²) >= 11 is 5.97. The Morgan fingerprint density at radius 3 is 2.90 bits per heavy atom. The van der Waals surface area contributed by atoms with Crippen LogP contribution in [-0.4, -0.2) is 67.2 Å². The highest BCUT2D eigenvalue weighted by molar-refractivity contribution is 6.30. The molecule has 0 bridgehead atoms. The SMILES string of the molecule is CNc1ccnn1/C(=C\CNc1cc(Cl)ccc1F)NCC(C)N1CCOCC1. The molecule has 1 atom stereocenters. The number of hydrogen-bond acceptors (Lipinski definition) is 6. The largest absolute Gasteiger partial charge is 0.379 e. The Balaban J connectivity index is 1.69. The molecular weight excluding hydrogens is 395 g/mol. The Morgan fingerprint density at radius 1 is 1.34 bits per heavy atom. The summed E-state index contributed by atoms with van der Waals surface area (Å²) in [5.41, 5.74) is 0.365. The molecule has 2 aromatic rings. The van der Waals surface area contributed by atoms with Crippen molar-refractivity contribution in [2.24, 2.45) is 0 Å². The van der Waals surface area contributed by atoms with E-state index < -0.39 is 0 Å². The topological polar surface area (TPSA) is 66.4 Å². The van der Waals surface area contributed by atoms with Crippen LogP contribution in [0.5, 0.6) is 0 Å². The summed E-state index contributed by atoms with van der Waals surface area (Å²) in [5.74, 6) is 1.33. The first-order valence-corrected chi connectivity index (χ1v) is 10.1. The molecule has 1 aromatic heterocycles. The summed E-state index contributed by atoms with van der Waals surface area (Å²) in [6.07, 6.45) is 3.68. The van der Waals surface area contributed by atoms with E-state index in [0.29, 0.717) is 23.3 Å². The molecule has 0 aliphatic carbocycles. The molecule has 9 heteroatoms. The summed E-state index contributed by atoms with van der Waals surface area (Å²) in [6, 6.07) is 6.69. The standard InChI is InChI=1S/C20H28ClFN6O/c1-15(27-9-11-29-12-10-27)14-25-20(28-19(23-2)6-8-26-28)5-7-24-18-13-16(21)3-4-17(18)22/h3-6,8,13,15,23-25H,7,9-12,14H2,1-2H3/b20-5-. The van der Waals surface area contributed by atoms with Crippen molar-refractivity contribution in [1.82, 2.24) is 20.0 Å². The fourth-order valence-corrected chi connectivity index (χ4v) is 3.38. The number of hydrogen-bond donors (Lipinski definition) is 3. The molecular formula is C20H28ClFN6O. The molecule has 1 fully saturated rings. The van der Waals surface area contributed by atoms with Gasteiger partial charge in [-0.25, -0.2) is 9.07 Å². The van der Waals surface area contributed by atoms with Gasteiger partial charge in [0.05, 0.1) is 25.1 Å². The van der Waals surface area contributed by atoms with Gasteiger partial charge in [0, 0.05) is 50.4 Å². The molecule has 1 aromatic carbocycles. The van der Waals surface area contributed by atoms with Gasteiger partial charge in [0.25, 0.3) is 0 Å². The molecule has 1 aliphatic rings. The van der Waals surface area contributed by atoms with Crippen molar-refractivity contribution in [1.29, 1.82) is 0 Å². The third-order valence-electron chi connectivity index (χ3n) is 4.89. The third kappa shape index (κ3) is 5.85. The second kappa shape index (κ2) is 10.5. The minimum absolute atomic E-state index is 0.340. The van der Waals surface area contributed by atoms with Gasteiger partial charge in [0.2, 0.25) is 0 Å². The summed E-state index contributed by atoms with van der Waals surface area (Å²) in [5, 5.41) is 14.6. The van der Waals surface area contributed by atoms with Crippen LogP contribution in [0.25, 0.3) is 5.82 Å². The maximum atomic E-state index is 13.9. The first kappa shape index (κ1) is 21.4. The van der Waals surface area contributed by atoms with E-state index >= 15 is 0 Å². The Hall–Kier alpha value is -2.29. The first-order chi connectivity index (χ1) is 14.1. The zero-order valence-electron chi connectivity index (χ0n) is 16.8. The molecule has 0 radical (unpaired) electrons. The Kier molecular flexibility index (Phi) is 7.74. The fourth-order valence-electron chi connectivity index (χ4n) is 3.21. The van der Waals surface area contributed by atoms with Gasteiger partial charge in [0.1, 0.15) is 17.5 Å². The summed E-state index contributed by atoms with van der Waals surface area (Å²) in [7, 11) is 1.85. The number of morpholine rings is 1. The Morgan fingerprint density at radius 2 is 2.14 bits per heavy atom. The highest BCUT2D eigenvalue weighted by Gasteiger charge is 2.17. The number of aromatic nitrogens is 2. The van der Waals surface area contributed by atoms with Crippen molar-refractivity contribution in [3.8, 4) is 0 Å². The zero-order chi connectivity index (χ0) is 20.6. The second-order valence-electron chi connectivity index (χ2n) is 6.85. The van der Waals surface area contributed by atoms with Gasteiger partial charge in [-0.1, -0.05) is 11.6 Å². The average molecular weight is 423 g/mol. The molecule has 1 aliphatic heterocycles. The van der Waals surface area contributed by atoms with Gasteiger partial charge in [-0.2, -0.15) is 5.10 Å². The molecule has 0 amide bonds. The van der Waals surface area contributed by atoms with Gasteiger partial charge in [-0.15, -0.1) is 0 Å². The van der Waals surface area contributed by atoms with Gasteiger partial charge >= 0.3 is 0 Å². The van der Waals surface area contributed by atoms with E-state index in [4.69, 9.17) is 16.3 Å². The molecule has 3 N–H and O–H groups in total. The van der Waals surface area contributed by atoms with Crippen LogP contribution < -0.4 is 16.0 Å². The maximum Gasteiger partial charge on any atom is 0.146 e. The molecule has 0 spiro atoms. The molecule has 158 valence electrons. The van der Waals surface area contributed by atoms with E-state index in [1.807, 2.05) is 19.2 Å². The van der Waals surface area contributed by atoms with Crippen molar-refractivity contribution in [3.05, 3.63) is 47.4 Å². The van der Waals surface area contributed by atoms with Crippen LogP contribution in [0.1, 0.15) is 6.92 Å². The quantitative estimate of drug-likeness (QED) is 0.577. The van der Waals surface area contributed by atoms with Crippen molar-refractivity contribution >= 4 is 28.9 Å². The Labute approximate surface area is 175 Å². The van der Waals surface area contributed by atoms with Crippen molar-refractivity contribution < 1.29 is 9.13 Å². The van der Waals surface area contributed by atoms with Gasteiger partial charge in [-0.05, 0) is 31.2 Å². The second-order valence-corrected chi connectivity index (χ2v) is 7.29. The van der Waals surface area contributed by atoms with Crippen LogP contribution in [0, 0.1) is 5.82 Å². The van der Waals surface area contributed by atoms with Gasteiger partial charge in [0.15, 0.2) is 0 Å². The number of halogens is 2. The summed E-state index contributed by atoms with van der Waals surface area (Å²) in [6.45, 7) is 6.75. The lowest BCUT2D eigenvalue weighted by Crippen LogP contribution is -2.46. The first-order valence-electron chi connectivity index (χ1n) is 9.75. The predicted octanol–water partition coefficient (Wildman–Crippen LogP) is 2.94. The molecule has 0 saturated carbocycles. The summed E-state index contributed by atoms with van der Waals surface area (Å²) < 4.78 is 21.2. The summed E-state index contributed by atoms with van der Waals surface area (Å²) in [4.78, 5) is 2.40. The van der Waals surface area contributed by atoms with E-state index in [1.54, 1.807) is 16.9 Å². The van der Waals surface area contributed by atoms with E-state index in [-0.39, 0.29) is 5.82 Å². The third-order valence-corrected chi connectivity index (χ3v) is 5.13. The highest BCUT2D eigenvalue weighted by Crippen LogP contribution is 2.19. The number of nitrogens with one attached hydrogen (secondary N) is 3. The van der Waals surface area contributed by atoms with Gasteiger partial charge in [-0.3, -0.25) is 4.90 Å². The number of nitrogens with zero attached hydrogens (tertiary/aromatic N) is 3. The Bertz CT molecular complexity index is 821. The highest BCUT2D eigenvalue weighted by atomic mass is 35.5. The zero-order valence-corrected chi connectivity index (χ0v) is 17.5. The van der Waals surface area contributed by atoms with E-state index in [0.717, 1.165) is 44.5 Å². The minimum atomic E-state index is -0.340. The van der Waals surface area contributed by atoms with E-state index in [9.17, 15) is 4.39 Å². The number of anilines is 2. The van der Waals surface area contributed by atoms with E-state index in [2.05, 4.69) is 32.9 Å². The normalized spacial score (nSPS) is 16.5. The molecule has 7 nitrogen and oxygen atoms in total. The van der Waals surface area contributed by atoms with Crippen molar-refractivity contribution in [3.63, 3.8) is 0 Å². The van der Waals surface area contributed by atoms with Crippen LogP contribution in [0.3, 0.4) is 0 Å². The van der Waals surface area contributed by atoms with Crippen molar-refractivity contribution in [2.75, 3.05) is 57.1 Å². The lowest BCUT2D eigenvalue weighted by atomic mass is 10.2. The maximum absolute atomic E-state index is 13.9. The van der Waals surface area contributed by atoms with Crippen LogP contribution in [0.2, 0.25) is 5.02 Å². The van der Waals surface area contributed by atoms with Gasteiger partial charge < -0.3 is 20.7 Å². The number of ether oxygens (including phenoxy) is 1. The van der Waals surface area contributed by atoms with Crippen LogP contribution in [-0.2, 0) is 4.74 Å². The van der Waals surface area contributed by atoms with Crippen LogP contribution in [0.4, 0.5) is 15.9 Å². The smallest absolute Gasteiger partial charge is 0.146 e. The fraction of sp³-hybridized carbons (Fsp3) is 0.450. The minimum Gasteiger partial charge on any atom is -0.379 e. The molecule has 1 unspecified atom stereocenters. The average Bonchev–Trinajstić information content (AvgIpc) is 3.22. The predicted molar refractivity (Wildman–Crippen MR) is 116 cm³/mol. The van der Waals surface area contributed by atoms with E-state index in [1.165, 1.54) is 12.1 Å². The lowest BCUT2D eigenvalue weighted by Gasteiger charge is -2.32. The molecule has 3 rings (SSSR count). The monoisotopic (exact) mass is 422 g/mol. The number of benzene rings is 1. The molecule has 29 heavy (non-hydrogen) atoms. The molecule has 1 saturated heterocycles. The number of rotatable bonds is 9. The van der Waals surface area contributed by atoms with Crippen LogP contribution in [0.15, 0.2) is 36.5 Å². The van der Waals surface area contributed by atoms with Crippen molar-refractivity contribution in [2.45, 2.75) is 13.0 Å². The molecule has 2 heterocycles. The van der Waals surface area contributed by atoms with Crippen LogP contribution >= 0.6 is 11.6 Å². The lowest BCUT2D eigenvalue weighted by molar-refractivity contribution is 0.0210.